The molecule has 1 saturated carbocycles. The fourth-order valence-corrected chi connectivity index (χ4v) is 2.60. The van der Waals surface area contributed by atoms with Crippen molar-refractivity contribution in [2.45, 2.75) is 65.0 Å². The van der Waals surface area contributed by atoms with Gasteiger partial charge in [-0.1, -0.05) is 26.7 Å². The minimum absolute atomic E-state index is 0.0448. The zero-order chi connectivity index (χ0) is 12.1. The van der Waals surface area contributed by atoms with Crippen LogP contribution in [0.5, 0.6) is 0 Å². The van der Waals surface area contributed by atoms with Crippen LogP contribution in [0.2, 0.25) is 0 Å². The topological polar surface area (TPSA) is 55.1 Å². The average molecular weight is 226 g/mol. The molecule has 1 aliphatic rings. The molecule has 0 aliphatic heterocycles. The summed E-state index contributed by atoms with van der Waals surface area (Å²) in [5.74, 6) is 0.832. The van der Waals surface area contributed by atoms with E-state index in [4.69, 9.17) is 5.73 Å². The lowest BCUT2D eigenvalue weighted by Crippen LogP contribution is -2.46. The summed E-state index contributed by atoms with van der Waals surface area (Å²) in [6.07, 6.45) is 5.31. The monoisotopic (exact) mass is 226 g/mol. The van der Waals surface area contributed by atoms with Gasteiger partial charge in [0.05, 0.1) is 5.92 Å². The lowest BCUT2D eigenvalue weighted by molar-refractivity contribution is -0.127. The average Bonchev–Trinajstić information content (AvgIpc) is 2.16. The van der Waals surface area contributed by atoms with Gasteiger partial charge in [0.25, 0.3) is 0 Å². The highest BCUT2D eigenvalue weighted by Gasteiger charge is 2.28. The summed E-state index contributed by atoms with van der Waals surface area (Å²) in [5.41, 5.74) is 6.00. The number of carbonyl (C=O) groups excluding carboxylic acids is 1. The number of rotatable bonds is 4. The SMILES string of the molecule is CC(C)CC(C)NC(=O)C1CCCCC1N. The maximum absolute atomic E-state index is 12.0. The molecule has 0 radical (unpaired) electrons. The molecule has 3 N–H and O–H groups in total. The van der Waals surface area contributed by atoms with Crippen LogP contribution in [0.3, 0.4) is 0 Å². The third-order valence-corrected chi connectivity index (χ3v) is 3.37. The van der Waals surface area contributed by atoms with Gasteiger partial charge in [0.1, 0.15) is 0 Å². The van der Waals surface area contributed by atoms with Crippen molar-refractivity contribution in [1.82, 2.24) is 5.32 Å². The normalized spacial score (nSPS) is 27.8. The van der Waals surface area contributed by atoms with Gasteiger partial charge in [-0.25, -0.2) is 0 Å². The molecule has 16 heavy (non-hydrogen) atoms. The quantitative estimate of drug-likeness (QED) is 0.771. The number of nitrogens with one attached hydrogen (secondary N) is 1. The Bertz CT molecular complexity index is 228. The Morgan fingerprint density at radius 3 is 2.50 bits per heavy atom. The van der Waals surface area contributed by atoms with Crippen molar-refractivity contribution in [3.63, 3.8) is 0 Å². The van der Waals surface area contributed by atoms with Crippen LogP contribution in [-0.2, 0) is 4.79 Å². The molecule has 1 fully saturated rings. The van der Waals surface area contributed by atoms with Crippen molar-refractivity contribution in [3.8, 4) is 0 Å². The zero-order valence-corrected chi connectivity index (χ0v) is 10.8. The molecule has 94 valence electrons. The first-order chi connectivity index (χ1) is 7.50. The van der Waals surface area contributed by atoms with E-state index in [1.54, 1.807) is 0 Å². The van der Waals surface area contributed by atoms with Gasteiger partial charge >= 0.3 is 0 Å². The second kappa shape index (κ2) is 6.24. The second-order valence-corrected chi connectivity index (χ2v) is 5.59. The molecule has 3 nitrogen and oxygen atoms in total. The molecule has 0 heterocycles. The first-order valence-electron chi connectivity index (χ1n) is 6.56. The van der Waals surface area contributed by atoms with Crippen molar-refractivity contribution in [3.05, 3.63) is 0 Å². The van der Waals surface area contributed by atoms with E-state index in [1.807, 2.05) is 0 Å². The molecule has 3 heteroatoms. The maximum atomic E-state index is 12.0. The van der Waals surface area contributed by atoms with E-state index in [-0.39, 0.29) is 23.9 Å². The highest BCUT2D eigenvalue weighted by atomic mass is 16.2. The molecule has 0 bridgehead atoms. The van der Waals surface area contributed by atoms with E-state index in [9.17, 15) is 4.79 Å². The molecule has 3 atom stereocenters. The van der Waals surface area contributed by atoms with Crippen LogP contribution in [0, 0.1) is 11.8 Å². The summed E-state index contributed by atoms with van der Waals surface area (Å²) in [6.45, 7) is 6.43. The Balaban J connectivity index is 2.38. The Labute approximate surface area is 99.2 Å². The van der Waals surface area contributed by atoms with Gasteiger partial charge < -0.3 is 11.1 Å². The highest BCUT2D eigenvalue weighted by molar-refractivity contribution is 5.79. The molecule has 1 amide bonds. The van der Waals surface area contributed by atoms with Gasteiger partial charge in [0, 0.05) is 12.1 Å². The van der Waals surface area contributed by atoms with Crippen LogP contribution in [0.25, 0.3) is 0 Å². The van der Waals surface area contributed by atoms with Gasteiger partial charge in [-0.05, 0) is 32.1 Å². The molecule has 0 aromatic rings. The zero-order valence-electron chi connectivity index (χ0n) is 10.8. The number of amides is 1. The number of carbonyl (C=O) groups is 1. The van der Waals surface area contributed by atoms with Gasteiger partial charge in [-0.15, -0.1) is 0 Å². The van der Waals surface area contributed by atoms with Gasteiger partial charge in [0.15, 0.2) is 0 Å². The van der Waals surface area contributed by atoms with Crippen LogP contribution in [0.4, 0.5) is 0 Å². The lowest BCUT2D eigenvalue weighted by atomic mass is 9.84. The third kappa shape index (κ3) is 4.12. The van der Waals surface area contributed by atoms with Crippen molar-refractivity contribution >= 4 is 5.91 Å². The molecule has 0 spiro atoms. The summed E-state index contributed by atoms with van der Waals surface area (Å²) in [7, 11) is 0. The number of nitrogens with two attached hydrogens (primary N) is 1. The van der Waals surface area contributed by atoms with Crippen molar-refractivity contribution in [1.29, 1.82) is 0 Å². The molecule has 1 aliphatic carbocycles. The summed E-state index contributed by atoms with van der Waals surface area (Å²) < 4.78 is 0. The summed E-state index contributed by atoms with van der Waals surface area (Å²) in [5, 5.41) is 3.09. The Morgan fingerprint density at radius 1 is 1.31 bits per heavy atom. The summed E-state index contributed by atoms with van der Waals surface area (Å²) in [6, 6.07) is 0.335. The summed E-state index contributed by atoms with van der Waals surface area (Å²) >= 11 is 0. The fraction of sp³-hybridized carbons (Fsp3) is 0.923. The predicted octanol–water partition coefficient (Wildman–Crippen LogP) is 2.05. The fourth-order valence-electron chi connectivity index (χ4n) is 2.60. The van der Waals surface area contributed by atoms with Crippen LogP contribution >= 0.6 is 0 Å². The van der Waals surface area contributed by atoms with Gasteiger partial charge in [-0.2, -0.15) is 0 Å². The van der Waals surface area contributed by atoms with E-state index in [0.717, 1.165) is 25.7 Å². The molecule has 0 aromatic heterocycles. The molecular weight excluding hydrogens is 200 g/mol. The Hall–Kier alpha value is -0.570. The van der Waals surface area contributed by atoms with Gasteiger partial charge in [0.2, 0.25) is 5.91 Å². The van der Waals surface area contributed by atoms with E-state index in [2.05, 4.69) is 26.1 Å². The van der Waals surface area contributed by atoms with Gasteiger partial charge in [-0.3, -0.25) is 4.79 Å². The van der Waals surface area contributed by atoms with Crippen LogP contribution < -0.4 is 11.1 Å². The van der Waals surface area contributed by atoms with E-state index in [0.29, 0.717) is 5.92 Å². The lowest BCUT2D eigenvalue weighted by Gasteiger charge is -2.29. The van der Waals surface area contributed by atoms with E-state index in [1.165, 1.54) is 6.42 Å². The largest absolute Gasteiger partial charge is 0.353 e. The minimum atomic E-state index is 0.0448. The predicted molar refractivity (Wildman–Crippen MR) is 67.0 cm³/mol. The minimum Gasteiger partial charge on any atom is -0.353 e. The molecular formula is C13H26N2O. The smallest absolute Gasteiger partial charge is 0.224 e. The molecule has 1 rings (SSSR count). The van der Waals surface area contributed by atoms with Crippen LogP contribution in [0.1, 0.15) is 52.9 Å². The Kier molecular flexibility index (Phi) is 5.26. The standard InChI is InChI=1S/C13H26N2O/c1-9(2)8-10(3)15-13(16)11-6-4-5-7-12(11)14/h9-12H,4-8,14H2,1-3H3,(H,15,16). The maximum Gasteiger partial charge on any atom is 0.224 e. The second-order valence-electron chi connectivity index (χ2n) is 5.59. The third-order valence-electron chi connectivity index (χ3n) is 3.37. The van der Waals surface area contributed by atoms with E-state index >= 15 is 0 Å². The van der Waals surface area contributed by atoms with Crippen molar-refractivity contribution in [2.75, 3.05) is 0 Å². The number of hydrogen-bond acceptors (Lipinski definition) is 2. The number of hydrogen-bond donors (Lipinski definition) is 2. The van der Waals surface area contributed by atoms with Crippen molar-refractivity contribution in [2.24, 2.45) is 17.6 Å². The van der Waals surface area contributed by atoms with Crippen LogP contribution in [-0.4, -0.2) is 18.0 Å². The Morgan fingerprint density at radius 2 is 1.94 bits per heavy atom. The van der Waals surface area contributed by atoms with Crippen molar-refractivity contribution < 1.29 is 4.79 Å². The highest BCUT2D eigenvalue weighted by Crippen LogP contribution is 2.23. The molecule has 0 aromatic carbocycles. The first kappa shape index (κ1) is 13.5. The molecule has 0 saturated heterocycles. The first-order valence-corrected chi connectivity index (χ1v) is 6.56. The summed E-state index contributed by atoms with van der Waals surface area (Å²) in [4.78, 5) is 12.0. The van der Waals surface area contributed by atoms with E-state index < -0.39 is 0 Å². The molecule has 3 unspecified atom stereocenters. The van der Waals surface area contributed by atoms with Crippen LogP contribution in [0.15, 0.2) is 0 Å².